The Bertz CT molecular complexity index is 915. The molecule has 0 unspecified atom stereocenters. The molecule has 3 aromatic rings. The van der Waals surface area contributed by atoms with Crippen molar-refractivity contribution >= 4 is 34.4 Å². The minimum absolute atomic E-state index is 0.0277. The number of hydrogen-bond donors (Lipinski definition) is 2. The lowest BCUT2D eigenvalue weighted by molar-refractivity contribution is 0.638. The summed E-state index contributed by atoms with van der Waals surface area (Å²) in [5.74, 6) is 0. The van der Waals surface area contributed by atoms with E-state index in [9.17, 15) is 0 Å². The molecule has 0 aliphatic carbocycles. The number of nitrogens with one attached hydrogen (secondary N) is 2. The Labute approximate surface area is 147 Å². The van der Waals surface area contributed by atoms with E-state index in [1.807, 2.05) is 24.3 Å². The molecule has 0 amide bonds. The van der Waals surface area contributed by atoms with Crippen molar-refractivity contribution in [2.24, 2.45) is 0 Å². The Hall–Kier alpha value is -2.45. The first-order valence-corrected chi connectivity index (χ1v) is 8.46. The molecule has 2 nitrogen and oxygen atoms in total. The summed E-state index contributed by atoms with van der Waals surface area (Å²) in [5, 5.41) is 7.68. The number of anilines is 4. The lowest BCUT2D eigenvalue weighted by Crippen LogP contribution is -2.25. The summed E-state index contributed by atoms with van der Waals surface area (Å²) in [6.45, 7) is 4.54. The molecule has 0 bridgehead atoms. The van der Waals surface area contributed by atoms with E-state index in [4.69, 9.17) is 11.6 Å². The molecule has 1 aliphatic rings. The summed E-state index contributed by atoms with van der Waals surface area (Å²) in [6, 6.07) is 22.7. The maximum Gasteiger partial charge on any atom is 0.0640 e. The molecule has 1 aliphatic heterocycles. The third kappa shape index (κ3) is 2.44. The molecule has 24 heavy (non-hydrogen) atoms. The summed E-state index contributed by atoms with van der Waals surface area (Å²) < 4.78 is 0. The summed E-state index contributed by atoms with van der Waals surface area (Å²) >= 11 is 6.25. The highest BCUT2D eigenvalue weighted by Gasteiger charge is 2.32. The van der Waals surface area contributed by atoms with Gasteiger partial charge in [0.15, 0.2) is 0 Å². The van der Waals surface area contributed by atoms with E-state index in [-0.39, 0.29) is 5.41 Å². The molecule has 0 spiro atoms. The van der Waals surface area contributed by atoms with Crippen LogP contribution in [0, 0.1) is 0 Å². The number of halogens is 1. The second kappa shape index (κ2) is 5.57. The molecule has 120 valence electrons. The van der Waals surface area contributed by atoms with Crippen molar-refractivity contribution in [3.63, 3.8) is 0 Å². The molecule has 1 heterocycles. The number of benzene rings is 3. The predicted molar refractivity (Wildman–Crippen MR) is 103 cm³/mol. The van der Waals surface area contributed by atoms with Gasteiger partial charge in [0.25, 0.3) is 0 Å². The van der Waals surface area contributed by atoms with E-state index in [0.717, 1.165) is 17.1 Å². The molecule has 0 saturated heterocycles. The first-order valence-electron chi connectivity index (χ1n) is 8.08. The predicted octanol–water partition coefficient (Wildman–Crippen LogP) is 6.47. The Morgan fingerprint density at radius 2 is 1.54 bits per heavy atom. The Balaban J connectivity index is 1.74. The summed E-state index contributed by atoms with van der Waals surface area (Å²) in [5.41, 5.74) is 6.83. The number of para-hydroxylation sites is 2. The van der Waals surface area contributed by atoms with Crippen molar-refractivity contribution in [3.8, 4) is 0 Å². The van der Waals surface area contributed by atoms with Crippen LogP contribution in [0.2, 0.25) is 5.02 Å². The normalized spacial score (nSPS) is 14.3. The molecule has 0 aromatic heterocycles. The molecule has 0 saturated carbocycles. The van der Waals surface area contributed by atoms with Gasteiger partial charge in [-0.05, 0) is 41.5 Å². The lowest BCUT2D eigenvalue weighted by atomic mass is 9.74. The minimum Gasteiger partial charge on any atom is -0.355 e. The Morgan fingerprint density at radius 1 is 0.833 bits per heavy atom. The molecule has 3 aromatic carbocycles. The van der Waals surface area contributed by atoms with E-state index in [1.54, 1.807) is 0 Å². The smallest absolute Gasteiger partial charge is 0.0640 e. The standard InChI is InChI=1S/C21H19ClN2/c1-21(2)15-7-3-5-9-18(15)24-20-13-14(11-12-16(20)21)23-19-10-6-4-8-17(19)22/h3-13,23-24H,1-2H3. The molecular formula is C21H19ClN2. The average Bonchev–Trinajstić information content (AvgIpc) is 2.57. The molecule has 0 atom stereocenters. The van der Waals surface area contributed by atoms with Crippen LogP contribution in [0.5, 0.6) is 0 Å². The first kappa shape index (κ1) is 15.1. The lowest BCUT2D eigenvalue weighted by Gasteiger charge is -2.36. The van der Waals surface area contributed by atoms with Crippen LogP contribution in [0.3, 0.4) is 0 Å². The van der Waals surface area contributed by atoms with Crippen molar-refractivity contribution in [1.82, 2.24) is 0 Å². The van der Waals surface area contributed by atoms with Crippen LogP contribution in [0.1, 0.15) is 25.0 Å². The van der Waals surface area contributed by atoms with Crippen LogP contribution >= 0.6 is 11.6 Å². The zero-order chi connectivity index (χ0) is 16.7. The van der Waals surface area contributed by atoms with Gasteiger partial charge in [-0.1, -0.05) is 61.8 Å². The van der Waals surface area contributed by atoms with E-state index in [0.29, 0.717) is 5.02 Å². The molecule has 3 heteroatoms. The SMILES string of the molecule is CC1(C)c2ccccc2Nc2cc(Nc3ccccc3Cl)ccc21. The second-order valence-corrected chi connectivity index (χ2v) is 7.07. The van der Waals surface area contributed by atoms with Crippen LogP contribution in [0.15, 0.2) is 66.7 Å². The fourth-order valence-corrected chi connectivity index (χ4v) is 3.60. The van der Waals surface area contributed by atoms with Gasteiger partial charge in [0.2, 0.25) is 0 Å². The Kier molecular flexibility index (Phi) is 3.50. The second-order valence-electron chi connectivity index (χ2n) is 6.66. The van der Waals surface area contributed by atoms with Crippen LogP contribution < -0.4 is 10.6 Å². The monoisotopic (exact) mass is 334 g/mol. The van der Waals surface area contributed by atoms with Crippen molar-refractivity contribution in [2.45, 2.75) is 19.3 Å². The zero-order valence-corrected chi connectivity index (χ0v) is 14.5. The maximum absolute atomic E-state index is 6.25. The van der Waals surface area contributed by atoms with Gasteiger partial charge in [0.05, 0.1) is 10.7 Å². The molecule has 0 fully saturated rings. The van der Waals surface area contributed by atoms with Gasteiger partial charge < -0.3 is 10.6 Å². The van der Waals surface area contributed by atoms with Crippen molar-refractivity contribution in [3.05, 3.63) is 82.9 Å². The third-order valence-corrected chi connectivity index (χ3v) is 5.05. The fourth-order valence-electron chi connectivity index (χ4n) is 3.42. The van der Waals surface area contributed by atoms with Crippen LogP contribution in [0.25, 0.3) is 0 Å². The summed E-state index contributed by atoms with van der Waals surface area (Å²) in [7, 11) is 0. The van der Waals surface area contributed by atoms with Gasteiger partial charge in [-0.25, -0.2) is 0 Å². The highest BCUT2D eigenvalue weighted by atomic mass is 35.5. The Morgan fingerprint density at radius 3 is 2.38 bits per heavy atom. The van der Waals surface area contributed by atoms with Crippen molar-refractivity contribution in [1.29, 1.82) is 0 Å². The van der Waals surface area contributed by atoms with Gasteiger partial charge >= 0.3 is 0 Å². The molecule has 4 rings (SSSR count). The van der Waals surface area contributed by atoms with Crippen LogP contribution in [-0.2, 0) is 5.41 Å². The van der Waals surface area contributed by atoms with Gasteiger partial charge in [-0.3, -0.25) is 0 Å². The van der Waals surface area contributed by atoms with Crippen LogP contribution in [-0.4, -0.2) is 0 Å². The molecule has 2 N–H and O–H groups in total. The maximum atomic E-state index is 6.25. The van der Waals surface area contributed by atoms with Gasteiger partial charge in [-0.15, -0.1) is 0 Å². The number of rotatable bonds is 2. The average molecular weight is 335 g/mol. The van der Waals surface area contributed by atoms with E-state index in [1.165, 1.54) is 16.8 Å². The molecule has 0 radical (unpaired) electrons. The highest BCUT2D eigenvalue weighted by molar-refractivity contribution is 6.33. The largest absolute Gasteiger partial charge is 0.355 e. The topological polar surface area (TPSA) is 24.1 Å². The number of hydrogen-bond acceptors (Lipinski definition) is 2. The van der Waals surface area contributed by atoms with Gasteiger partial charge in [-0.2, -0.15) is 0 Å². The highest BCUT2D eigenvalue weighted by Crippen LogP contribution is 2.46. The number of fused-ring (bicyclic) bond motifs is 2. The minimum atomic E-state index is -0.0277. The van der Waals surface area contributed by atoms with Crippen molar-refractivity contribution in [2.75, 3.05) is 10.6 Å². The summed E-state index contributed by atoms with van der Waals surface area (Å²) in [4.78, 5) is 0. The van der Waals surface area contributed by atoms with Crippen molar-refractivity contribution < 1.29 is 0 Å². The quantitative estimate of drug-likeness (QED) is 0.561. The zero-order valence-electron chi connectivity index (χ0n) is 13.7. The van der Waals surface area contributed by atoms with Crippen LogP contribution in [0.4, 0.5) is 22.7 Å². The van der Waals surface area contributed by atoms with E-state index in [2.05, 4.69) is 66.9 Å². The van der Waals surface area contributed by atoms with Gasteiger partial charge in [0.1, 0.15) is 0 Å². The molecular weight excluding hydrogens is 316 g/mol. The van der Waals surface area contributed by atoms with Gasteiger partial charge in [0, 0.05) is 22.5 Å². The summed E-state index contributed by atoms with van der Waals surface area (Å²) in [6.07, 6.45) is 0. The first-order chi connectivity index (χ1) is 11.6. The van der Waals surface area contributed by atoms with E-state index >= 15 is 0 Å². The third-order valence-electron chi connectivity index (χ3n) is 4.72. The van der Waals surface area contributed by atoms with E-state index < -0.39 is 0 Å². The fraction of sp³-hybridized carbons (Fsp3) is 0.143.